The Bertz CT molecular complexity index is 1210. The third-order valence-corrected chi connectivity index (χ3v) is 4.84. The van der Waals surface area contributed by atoms with Crippen LogP contribution in [0.5, 0.6) is 5.75 Å². The highest BCUT2D eigenvalue weighted by molar-refractivity contribution is 9.10. The first-order valence-electron chi connectivity index (χ1n) is 8.86. The number of hydrogen-bond donors (Lipinski definition) is 1. The van der Waals surface area contributed by atoms with Crippen molar-refractivity contribution >= 4 is 38.6 Å². The van der Waals surface area contributed by atoms with E-state index in [1.54, 1.807) is 18.2 Å². The Morgan fingerprint density at radius 2 is 1.93 bits per heavy atom. The van der Waals surface area contributed by atoms with E-state index >= 15 is 0 Å². The minimum absolute atomic E-state index is 0.287. The van der Waals surface area contributed by atoms with E-state index in [0.717, 1.165) is 26.6 Å². The summed E-state index contributed by atoms with van der Waals surface area (Å²) >= 11 is 3.46. The first-order chi connectivity index (χ1) is 14.1. The second-order valence-corrected chi connectivity index (χ2v) is 7.29. The van der Waals surface area contributed by atoms with Gasteiger partial charge in [0, 0.05) is 10.0 Å². The number of halogens is 2. The Labute approximate surface area is 175 Å². The maximum Gasteiger partial charge on any atom is 0.149 e. The van der Waals surface area contributed by atoms with Gasteiger partial charge < -0.3 is 9.72 Å². The van der Waals surface area contributed by atoms with Crippen LogP contribution in [0.15, 0.2) is 71.2 Å². The standard InChI is InChI=1S/C23H15BrFN3O/c24-18-7-10-22(29-14-15-5-8-19(25)9-6-15)16(12-18)11-17(13-26)23-27-20-3-1-2-4-21(20)28-23/h1-12H,14H2,(H,27,28)/b17-11+. The Hall–Kier alpha value is -3.43. The fourth-order valence-corrected chi connectivity index (χ4v) is 3.27. The van der Waals surface area contributed by atoms with E-state index in [4.69, 9.17) is 4.74 Å². The molecule has 0 bridgehead atoms. The molecule has 1 N–H and O–H groups in total. The van der Waals surface area contributed by atoms with Crippen LogP contribution in [0.2, 0.25) is 0 Å². The molecule has 0 spiro atoms. The maximum absolute atomic E-state index is 13.1. The number of imidazole rings is 1. The van der Waals surface area contributed by atoms with E-state index in [9.17, 15) is 9.65 Å². The molecule has 29 heavy (non-hydrogen) atoms. The summed E-state index contributed by atoms with van der Waals surface area (Å²) in [4.78, 5) is 7.67. The third kappa shape index (κ3) is 4.36. The molecule has 0 radical (unpaired) electrons. The molecule has 0 fully saturated rings. The van der Waals surface area contributed by atoms with E-state index in [-0.39, 0.29) is 12.4 Å². The molecule has 0 aliphatic heterocycles. The molecule has 1 heterocycles. The Kier molecular flexibility index (Phi) is 5.41. The lowest BCUT2D eigenvalue weighted by molar-refractivity contribution is 0.305. The van der Waals surface area contributed by atoms with Gasteiger partial charge in [0.2, 0.25) is 0 Å². The molecule has 4 aromatic rings. The van der Waals surface area contributed by atoms with E-state index in [2.05, 4.69) is 32.0 Å². The highest BCUT2D eigenvalue weighted by Crippen LogP contribution is 2.28. The molecule has 0 saturated carbocycles. The largest absolute Gasteiger partial charge is 0.488 e. The summed E-state index contributed by atoms with van der Waals surface area (Å²) in [5, 5.41) is 9.69. The molecule has 0 aliphatic rings. The van der Waals surface area contributed by atoms with Gasteiger partial charge in [-0.25, -0.2) is 9.37 Å². The molecule has 0 amide bonds. The number of H-pyrrole nitrogens is 1. The topological polar surface area (TPSA) is 61.7 Å². The molecule has 1 aromatic heterocycles. The highest BCUT2D eigenvalue weighted by Gasteiger charge is 2.10. The van der Waals surface area contributed by atoms with Crippen molar-refractivity contribution in [2.45, 2.75) is 6.61 Å². The molecule has 0 atom stereocenters. The zero-order valence-corrected chi connectivity index (χ0v) is 16.8. The normalized spacial score (nSPS) is 11.4. The molecule has 6 heteroatoms. The summed E-state index contributed by atoms with van der Waals surface area (Å²) in [6, 6.07) is 21.6. The van der Waals surface area contributed by atoms with Gasteiger partial charge in [-0.05, 0) is 54.1 Å². The summed E-state index contributed by atoms with van der Waals surface area (Å²) in [5.41, 5.74) is 3.64. The van der Waals surface area contributed by atoms with Crippen LogP contribution in [0.3, 0.4) is 0 Å². The number of nitrogens with one attached hydrogen (secondary N) is 1. The second-order valence-electron chi connectivity index (χ2n) is 6.37. The number of aromatic amines is 1. The summed E-state index contributed by atoms with van der Waals surface area (Å²) in [7, 11) is 0. The van der Waals surface area contributed by atoms with Crippen molar-refractivity contribution in [3.8, 4) is 11.8 Å². The Morgan fingerprint density at radius 3 is 2.69 bits per heavy atom. The fraction of sp³-hybridized carbons (Fsp3) is 0.0435. The van der Waals surface area contributed by atoms with Crippen molar-refractivity contribution in [1.82, 2.24) is 9.97 Å². The molecular weight excluding hydrogens is 433 g/mol. The first kappa shape index (κ1) is 18.9. The van der Waals surface area contributed by atoms with Crippen molar-refractivity contribution in [1.29, 1.82) is 5.26 Å². The van der Waals surface area contributed by atoms with Crippen LogP contribution in [0.1, 0.15) is 17.0 Å². The Morgan fingerprint density at radius 1 is 1.14 bits per heavy atom. The van der Waals surface area contributed by atoms with Gasteiger partial charge >= 0.3 is 0 Å². The van der Waals surface area contributed by atoms with Gasteiger partial charge in [-0.2, -0.15) is 5.26 Å². The molecule has 3 aromatic carbocycles. The van der Waals surface area contributed by atoms with Gasteiger partial charge in [-0.3, -0.25) is 0 Å². The zero-order chi connectivity index (χ0) is 20.2. The molecule has 4 rings (SSSR count). The van der Waals surface area contributed by atoms with Gasteiger partial charge in [-0.15, -0.1) is 0 Å². The van der Waals surface area contributed by atoms with Crippen molar-refractivity contribution in [2.75, 3.05) is 0 Å². The van der Waals surface area contributed by atoms with Crippen LogP contribution in [0, 0.1) is 17.1 Å². The summed E-state index contributed by atoms with van der Waals surface area (Å²) in [6.45, 7) is 0.287. The molecule has 0 unspecified atom stereocenters. The average molecular weight is 448 g/mol. The summed E-state index contributed by atoms with van der Waals surface area (Å²) < 4.78 is 19.9. The van der Waals surface area contributed by atoms with E-state index in [1.165, 1.54) is 12.1 Å². The summed E-state index contributed by atoms with van der Waals surface area (Å²) in [6.07, 6.45) is 1.74. The number of fused-ring (bicyclic) bond motifs is 1. The fourth-order valence-electron chi connectivity index (χ4n) is 2.89. The number of aromatic nitrogens is 2. The number of rotatable bonds is 5. The third-order valence-electron chi connectivity index (χ3n) is 4.34. The lowest BCUT2D eigenvalue weighted by Gasteiger charge is -2.10. The lowest BCUT2D eigenvalue weighted by atomic mass is 10.1. The number of benzene rings is 3. The van der Waals surface area contributed by atoms with Crippen LogP contribution in [0.25, 0.3) is 22.7 Å². The lowest BCUT2D eigenvalue weighted by Crippen LogP contribution is -1.97. The molecule has 142 valence electrons. The average Bonchev–Trinajstić information content (AvgIpc) is 3.16. The van der Waals surface area contributed by atoms with Gasteiger partial charge in [0.25, 0.3) is 0 Å². The van der Waals surface area contributed by atoms with Crippen molar-refractivity contribution in [2.24, 2.45) is 0 Å². The minimum atomic E-state index is -0.287. The SMILES string of the molecule is N#C/C(=C\c1cc(Br)ccc1OCc1ccc(F)cc1)c1nc2ccccc2[nH]1. The second kappa shape index (κ2) is 8.29. The van der Waals surface area contributed by atoms with Crippen LogP contribution >= 0.6 is 15.9 Å². The molecule has 4 nitrogen and oxygen atoms in total. The van der Waals surface area contributed by atoms with E-state index in [1.807, 2.05) is 42.5 Å². The monoisotopic (exact) mass is 447 g/mol. The number of para-hydroxylation sites is 2. The number of nitrogens with zero attached hydrogens (tertiary/aromatic N) is 2. The minimum Gasteiger partial charge on any atom is -0.488 e. The smallest absolute Gasteiger partial charge is 0.149 e. The number of hydrogen-bond acceptors (Lipinski definition) is 3. The number of ether oxygens (including phenoxy) is 1. The first-order valence-corrected chi connectivity index (χ1v) is 9.65. The highest BCUT2D eigenvalue weighted by atomic mass is 79.9. The van der Waals surface area contributed by atoms with E-state index in [0.29, 0.717) is 17.1 Å². The van der Waals surface area contributed by atoms with Crippen LogP contribution in [-0.4, -0.2) is 9.97 Å². The van der Waals surface area contributed by atoms with Gasteiger partial charge in [0.15, 0.2) is 0 Å². The number of nitriles is 1. The maximum atomic E-state index is 13.1. The van der Waals surface area contributed by atoms with Crippen LogP contribution < -0.4 is 4.74 Å². The van der Waals surface area contributed by atoms with E-state index < -0.39 is 0 Å². The Balaban J connectivity index is 1.66. The summed E-state index contributed by atoms with van der Waals surface area (Å²) in [5.74, 6) is 0.824. The van der Waals surface area contributed by atoms with Crippen molar-refractivity contribution in [3.05, 3.63) is 94.0 Å². The molecule has 0 aliphatic carbocycles. The predicted molar refractivity (Wildman–Crippen MR) is 114 cm³/mol. The van der Waals surface area contributed by atoms with Gasteiger partial charge in [0.1, 0.15) is 30.1 Å². The molecular formula is C23H15BrFN3O. The predicted octanol–water partition coefficient (Wildman–Crippen LogP) is 6.11. The van der Waals surface area contributed by atoms with Gasteiger partial charge in [0.05, 0.1) is 16.6 Å². The van der Waals surface area contributed by atoms with Crippen molar-refractivity contribution < 1.29 is 9.13 Å². The van der Waals surface area contributed by atoms with Crippen LogP contribution in [0.4, 0.5) is 4.39 Å². The van der Waals surface area contributed by atoms with Crippen molar-refractivity contribution in [3.63, 3.8) is 0 Å². The molecule has 0 saturated heterocycles. The van der Waals surface area contributed by atoms with Crippen LogP contribution in [-0.2, 0) is 6.61 Å². The number of allylic oxidation sites excluding steroid dienone is 1. The zero-order valence-electron chi connectivity index (χ0n) is 15.2. The quantitative estimate of drug-likeness (QED) is 0.375. The van der Waals surface area contributed by atoms with Gasteiger partial charge in [-0.1, -0.05) is 40.2 Å².